The van der Waals surface area contributed by atoms with Gasteiger partial charge < -0.3 is 5.11 Å². The summed E-state index contributed by atoms with van der Waals surface area (Å²) < 4.78 is 0. The fraction of sp³-hybridized carbons (Fsp3) is 0.526. The SMILES string of the molecule is CC/C=C\C/C=C\C/C=C\C/C=C\CCCC(C)C(=O)O. The van der Waals surface area contributed by atoms with Crippen LogP contribution in [0.4, 0.5) is 0 Å². The van der Waals surface area contributed by atoms with E-state index in [9.17, 15) is 4.79 Å². The molecule has 0 aromatic carbocycles. The summed E-state index contributed by atoms with van der Waals surface area (Å²) in [5, 5.41) is 8.75. The maximum absolute atomic E-state index is 10.6. The fourth-order valence-electron chi connectivity index (χ4n) is 1.76. The van der Waals surface area contributed by atoms with Crippen LogP contribution in [0.5, 0.6) is 0 Å². The lowest BCUT2D eigenvalue weighted by Gasteiger charge is -2.02. The highest BCUT2D eigenvalue weighted by molar-refractivity contribution is 5.69. The minimum atomic E-state index is -0.694. The molecule has 0 aliphatic rings. The van der Waals surface area contributed by atoms with E-state index in [0.717, 1.165) is 44.9 Å². The lowest BCUT2D eigenvalue weighted by molar-refractivity contribution is -0.141. The average molecular weight is 290 g/mol. The third-order valence-corrected chi connectivity index (χ3v) is 3.15. The molecule has 0 spiro atoms. The van der Waals surface area contributed by atoms with Gasteiger partial charge in [-0.05, 0) is 44.9 Å². The molecule has 0 bridgehead atoms. The van der Waals surface area contributed by atoms with Gasteiger partial charge in [0.2, 0.25) is 0 Å². The number of rotatable bonds is 12. The van der Waals surface area contributed by atoms with Gasteiger partial charge in [0.05, 0.1) is 5.92 Å². The molecule has 0 amide bonds. The molecule has 0 aromatic heterocycles. The highest BCUT2D eigenvalue weighted by Gasteiger charge is 2.08. The summed E-state index contributed by atoms with van der Waals surface area (Å²) in [5.74, 6) is -0.919. The molecule has 0 saturated heterocycles. The van der Waals surface area contributed by atoms with E-state index in [1.165, 1.54) is 0 Å². The van der Waals surface area contributed by atoms with Crippen LogP contribution in [0.3, 0.4) is 0 Å². The van der Waals surface area contributed by atoms with Gasteiger partial charge in [0.25, 0.3) is 0 Å². The van der Waals surface area contributed by atoms with Gasteiger partial charge in [0.15, 0.2) is 0 Å². The number of unbranched alkanes of at least 4 members (excludes halogenated alkanes) is 1. The third kappa shape index (κ3) is 14.6. The number of carbonyl (C=O) groups is 1. The smallest absolute Gasteiger partial charge is 0.306 e. The largest absolute Gasteiger partial charge is 0.481 e. The number of carboxylic acid groups (broad SMARTS) is 1. The summed E-state index contributed by atoms with van der Waals surface area (Å²) in [7, 11) is 0. The van der Waals surface area contributed by atoms with Gasteiger partial charge in [-0.3, -0.25) is 4.79 Å². The van der Waals surface area contributed by atoms with Crippen molar-refractivity contribution in [1.29, 1.82) is 0 Å². The van der Waals surface area contributed by atoms with E-state index in [1.54, 1.807) is 6.92 Å². The molecule has 0 radical (unpaired) electrons. The first-order chi connectivity index (χ1) is 10.2. The molecule has 0 heterocycles. The minimum Gasteiger partial charge on any atom is -0.481 e. The molecule has 2 heteroatoms. The Hall–Kier alpha value is -1.57. The molecule has 1 atom stereocenters. The van der Waals surface area contributed by atoms with Crippen molar-refractivity contribution in [3.8, 4) is 0 Å². The maximum atomic E-state index is 10.6. The van der Waals surface area contributed by atoms with Crippen LogP contribution in [0.15, 0.2) is 48.6 Å². The molecule has 21 heavy (non-hydrogen) atoms. The van der Waals surface area contributed by atoms with Gasteiger partial charge >= 0.3 is 5.97 Å². The topological polar surface area (TPSA) is 37.3 Å². The van der Waals surface area contributed by atoms with Crippen molar-refractivity contribution in [2.45, 2.75) is 58.8 Å². The molecule has 1 unspecified atom stereocenters. The third-order valence-electron chi connectivity index (χ3n) is 3.15. The Morgan fingerprint density at radius 1 is 0.905 bits per heavy atom. The second-order valence-corrected chi connectivity index (χ2v) is 5.17. The first-order valence-corrected chi connectivity index (χ1v) is 8.01. The lowest BCUT2D eigenvalue weighted by atomic mass is 10.0. The first kappa shape index (κ1) is 19.4. The van der Waals surface area contributed by atoms with Crippen molar-refractivity contribution in [2.24, 2.45) is 5.92 Å². The summed E-state index contributed by atoms with van der Waals surface area (Å²) >= 11 is 0. The zero-order valence-corrected chi connectivity index (χ0v) is 13.5. The van der Waals surface area contributed by atoms with Gasteiger partial charge in [0, 0.05) is 0 Å². The Balaban J connectivity index is 3.48. The Labute approximate surface area is 130 Å². The summed E-state index contributed by atoms with van der Waals surface area (Å²) in [6.07, 6.45) is 24.1. The zero-order chi connectivity index (χ0) is 15.8. The molecule has 0 aliphatic carbocycles. The number of carboxylic acids is 1. The summed E-state index contributed by atoms with van der Waals surface area (Å²) in [5.41, 5.74) is 0. The van der Waals surface area contributed by atoms with Crippen molar-refractivity contribution < 1.29 is 9.90 Å². The standard InChI is InChI=1S/C19H30O2/c1-3-4-5-6-7-8-9-10-11-12-13-14-15-16-17-18(2)19(20)21/h4-5,7-8,10-11,13-14,18H,3,6,9,12,15-17H2,1-2H3,(H,20,21)/b5-4-,8-7-,11-10-,14-13-. The molecular weight excluding hydrogens is 260 g/mol. The van der Waals surface area contributed by atoms with Crippen LogP contribution in [-0.4, -0.2) is 11.1 Å². The molecule has 0 aromatic rings. The van der Waals surface area contributed by atoms with Crippen LogP contribution in [-0.2, 0) is 4.79 Å². The number of hydrogen-bond donors (Lipinski definition) is 1. The van der Waals surface area contributed by atoms with Crippen molar-refractivity contribution >= 4 is 5.97 Å². The second-order valence-electron chi connectivity index (χ2n) is 5.17. The molecule has 2 nitrogen and oxygen atoms in total. The predicted octanol–water partition coefficient (Wildman–Crippen LogP) is 5.68. The van der Waals surface area contributed by atoms with E-state index >= 15 is 0 Å². The van der Waals surface area contributed by atoms with E-state index < -0.39 is 5.97 Å². The number of allylic oxidation sites excluding steroid dienone is 8. The molecule has 0 saturated carbocycles. The van der Waals surface area contributed by atoms with E-state index in [2.05, 4.69) is 55.5 Å². The Morgan fingerprint density at radius 2 is 1.38 bits per heavy atom. The van der Waals surface area contributed by atoms with Crippen LogP contribution in [0, 0.1) is 5.92 Å². The molecule has 0 fully saturated rings. The Bertz CT molecular complexity index is 362. The first-order valence-electron chi connectivity index (χ1n) is 8.01. The molecule has 0 aliphatic heterocycles. The Morgan fingerprint density at radius 3 is 1.86 bits per heavy atom. The van der Waals surface area contributed by atoms with Gasteiger partial charge in [-0.15, -0.1) is 0 Å². The molecule has 1 N–H and O–H groups in total. The zero-order valence-electron chi connectivity index (χ0n) is 13.5. The molecule has 0 rings (SSSR count). The van der Waals surface area contributed by atoms with Crippen LogP contribution < -0.4 is 0 Å². The van der Waals surface area contributed by atoms with Crippen LogP contribution >= 0.6 is 0 Å². The van der Waals surface area contributed by atoms with Crippen molar-refractivity contribution in [3.63, 3.8) is 0 Å². The fourth-order valence-corrected chi connectivity index (χ4v) is 1.76. The van der Waals surface area contributed by atoms with Crippen molar-refractivity contribution in [2.75, 3.05) is 0 Å². The molecule has 118 valence electrons. The highest BCUT2D eigenvalue weighted by Crippen LogP contribution is 2.08. The number of aliphatic carboxylic acids is 1. The number of hydrogen-bond acceptors (Lipinski definition) is 1. The van der Waals surface area contributed by atoms with Gasteiger partial charge in [-0.2, -0.15) is 0 Å². The molecular formula is C19H30O2. The quantitative estimate of drug-likeness (QED) is 0.371. The summed E-state index contributed by atoms with van der Waals surface area (Å²) in [4.78, 5) is 10.6. The normalized spacial score (nSPS) is 14.0. The Kier molecular flexibility index (Phi) is 13.7. The lowest BCUT2D eigenvalue weighted by Crippen LogP contribution is -2.08. The monoisotopic (exact) mass is 290 g/mol. The second kappa shape index (κ2) is 14.8. The minimum absolute atomic E-state index is 0.225. The predicted molar refractivity (Wildman–Crippen MR) is 91.4 cm³/mol. The summed E-state index contributed by atoms with van der Waals surface area (Å²) in [6.45, 7) is 3.91. The van der Waals surface area contributed by atoms with Gasteiger partial charge in [-0.1, -0.05) is 62.5 Å². The van der Waals surface area contributed by atoms with Crippen molar-refractivity contribution in [3.05, 3.63) is 48.6 Å². The van der Waals surface area contributed by atoms with E-state index in [4.69, 9.17) is 5.11 Å². The summed E-state index contributed by atoms with van der Waals surface area (Å²) in [6, 6.07) is 0. The van der Waals surface area contributed by atoms with Crippen LogP contribution in [0.2, 0.25) is 0 Å². The van der Waals surface area contributed by atoms with Gasteiger partial charge in [-0.25, -0.2) is 0 Å². The van der Waals surface area contributed by atoms with E-state index in [-0.39, 0.29) is 5.92 Å². The van der Waals surface area contributed by atoms with Crippen LogP contribution in [0.25, 0.3) is 0 Å². The average Bonchev–Trinajstić information content (AvgIpc) is 2.47. The van der Waals surface area contributed by atoms with Crippen LogP contribution in [0.1, 0.15) is 58.8 Å². The maximum Gasteiger partial charge on any atom is 0.306 e. The highest BCUT2D eigenvalue weighted by atomic mass is 16.4. The van der Waals surface area contributed by atoms with E-state index in [1.807, 2.05) is 0 Å². The van der Waals surface area contributed by atoms with Crippen molar-refractivity contribution in [1.82, 2.24) is 0 Å². The van der Waals surface area contributed by atoms with Gasteiger partial charge in [0.1, 0.15) is 0 Å². The van der Waals surface area contributed by atoms with E-state index in [0.29, 0.717) is 0 Å².